The van der Waals surface area contributed by atoms with Crippen LogP contribution in [0, 0.1) is 11.7 Å². The molecule has 3 atom stereocenters. The van der Waals surface area contributed by atoms with Crippen molar-refractivity contribution in [2.75, 3.05) is 25.4 Å². The Morgan fingerprint density at radius 3 is 2.55 bits per heavy atom. The molecule has 0 saturated carbocycles. The van der Waals surface area contributed by atoms with Gasteiger partial charge in [-0.05, 0) is 35.6 Å². The van der Waals surface area contributed by atoms with Crippen LogP contribution in [0.3, 0.4) is 0 Å². The summed E-state index contributed by atoms with van der Waals surface area (Å²) < 4.78 is 41.4. The minimum Gasteiger partial charge on any atom is -0.313 e. The third-order valence-corrected chi connectivity index (χ3v) is 7.68. The van der Waals surface area contributed by atoms with Crippen LogP contribution in [-0.4, -0.2) is 49.2 Å². The highest BCUT2D eigenvalue weighted by Crippen LogP contribution is 2.29. The quantitative estimate of drug-likeness (QED) is 0.425. The zero-order chi connectivity index (χ0) is 22.4. The molecule has 1 saturated heterocycles. The SMILES string of the molecule is C[C@H](C[C@H](CS(=O)(=O)N1CCNC[C@H]1c1ccc(F)cc1)C(=O)NO)c1ccccc1. The molecule has 1 aliphatic rings. The maximum absolute atomic E-state index is 13.3. The highest BCUT2D eigenvalue weighted by molar-refractivity contribution is 7.89. The third-order valence-electron chi connectivity index (χ3n) is 5.71. The molecule has 0 aromatic heterocycles. The lowest BCUT2D eigenvalue weighted by Gasteiger charge is -2.36. The Hall–Kier alpha value is -2.33. The van der Waals surface area contributed by atoms with E-state index in [4.69, 9.17) is 0 Å². The van der Waals surface area contributed by atoms with Crippen LogP contribution in [0.2, 0.25) is 0 Å². The molecular weight excluding hydrogens is 421 g/mol. The lowest BCUT2D eigenvalue weighted by atomic mass is 9.91. The van der Waals surface area contributed by atoms with E-state index in [1.807, 2.05) is 37.3 Å². The molecule has 0 aliphatic carbocycles. The second-order valence-corrected chi connectivity index (χ2v) is 9.85. The van der Waals surface area contributed by atoms with Gasteiger partial charge in [-0.3, -0.25) is 10.0 Å². The summed E-state index contributed by atoms with van der Waals surface area (Å²) in [5.74, 6) is -2.53. The van der Waals surface area contributed by atoms with Crippen LogP contribution in [0.1, 0.15) is 36.4 Å². The number of benzene rings is 2. The van der Waals surface area contributed by atoms with Crippen LogP contribution >= 0.6 is 0 Å². The number of piperazine rings is 1. The van der Waals surface area contributed by atoms with Crippen LogP contribution in [-0.2, 0) is 14.8 Å². The first kappa shape index (κ1) is 23.3. The van der Waals surface area contributed by atoms with Crippen LogP contribution < -0.4 is 10.8 Å². The van der Waals surface area contributed by atoms with Gasteiger partial charge in [0, 0.05) is 19.6 Å². The number of rotatable bonds is 8. The first-order valence-corrected chi connectivity index (χ1v) is 11.9. The Morgan fingerprint density at radius 1 is 1.23 bits per heavy atom. The van der Waals surface area contributed by atoms with E-state index in [1.165, 1.54) is 16.4 Å². The standard InChI is InChI=1S/C22H28FN3O4S/c1-16(17-5-3-2-4-6-17)13-19(22(27)25-28)15-31(29,30)26-12-11-24-14-21(26)18-7-9-20(23)10-8-18/h2-10,16,19,21,24,28H,11-15H2,1H3,(H,25,27)/t16-,19-,21+/m1/s1. The summed E-state index contributed by atoms with van der Waals surface area (Å²) in [6, 6.07) is 14.8. The van der Waals surface area contributed by atoms with Crippen molar-refractivity contribution < 1.29 is 22.8 Å². The fraction of sp³-hybridized carbons (Fsp3) is 0.409. The molecule has 2 aromatic carbocycles. The minimum atomic E-state index is -3.85. The number of carbonyl (C=O) groups excluding carboxylic acids is 1. The number of amides is 1. The molecule has 0 bridgehead atoms. The summed E-state index contributed by atoms with van der Waals surface area (Å²) >= 11 is 0. The van der Waals surface area contributed by atoms with E-state index in [0.29, 0.717) is 18.7 Å². The van der Waals surface area contributed by atoms with Crippen molar-refractivity contribution in [3.05, 3.63) is 71.5 Å². The molecule has 168 valence electrons. The van der Waals surface area contributed by atoms with Crippen molar-refractivity contribution in [2.24, 2.45) is 5.92 Å². The molecule has 2 aromatic rings. The van der Waals surface area contributed by atoms with Gasteiger partial charge in [0.05, 0.1) is 17.7 Å². The van der Waals surface area contributed by atoms with Gasteiger partial charge in [-0.2, -0.15) is 4.31 Å². The Morgan fingerprint density at radius 2 is 1.90 bits per heavy atom. The molecule has 3 rings (SSSR count). The van der Waals surface area contributed by atoms with Gasteiger partial charge < -0.3 is 5.32 Å². The van der Waals surface area contributed by atoms with Gasteiger partial charge in [0.2, 0.25) is 15.9 Å². The highest BCUT2D eigenvalue weighted by Gasteiger charge is 2.37. The van der Waals surface area contributed by atoms with Gasteiger partial charge in [0.1, 0.15) is 5.82 Å². The maximum Gasteiger partial charge on any atom is 0.247 e. The van der Waals surface area contributed by atoms with Crippen molar-refractivity contribution in [2.45, 2.75) is 25.3 Å². The molecule has 3 N–H and O–H groups in total. The third kappa shape index (κ3) is 5.88. The second-order valence-electron chi connectivity index (χ2n) is 7.88. The van der Waals surface area contributed by atoms with Crippen molar-refractivity contribution in [3.8, 4) is 0 Å². The summed E-state index contributed by atoms with van der Waals surface area (Å²) in [4.78, 5) is 12.3. The monoisotopic (exact) mass is 449 g/mol. The predicted molar refractivity (Wildman–Crippen MR) is 115 cm³/mol. The fourth-order valence-corrected chi connectivity index (χ4v) is 5.96. The van der Waals surface area contributed by atoms with E-state index >= 15 is 0 Å². The number of sulfonamides is 1. The molecule has 1 fully saturated rings. The van der Waals surface area contributed by atoms with E-state index in [2.05, 4.69) is 5.32 Å². The van der Waals surface area contributed by atoms with E-state index in [9.17, 15) is 22.8 Å². The lowest BCUT2D eigenvalue weighted by molar-refractivity contribution is -0.133. The number of carbonyl (C=O) groups is 1. The highest BCUT2D eigenvalue weighted by atomic mass is 32.2. The Bertz CT molecular complexity index is 970. The largest absolute Gasteiger partial charge is 0.313 e. The molecule has 0 spiro atoms. The van der Waals surface area contributed by atoms with E-state index < -0.39 is 39.5 Å². The molecule has 9 heteroatoms. The maximum atomic E-state index is 13.3. The van der Waals surface area contributed by atoms with Crippen LogP contribution in [0.15, 0.2) is 54.6 Å². The zero-order valence-electron chi connectivity index (χ0n) is 17.4. The van der Waals surface area contributed by atoms with Crippen LogP contribution in [0.4, 0.5) is 4.39 Å². The average molecular weight is 450 g/mol. The van der Waals surface area contributed by atoms with Crippen molar-refractivity contribution >= 4 is 15.9 Å². The molecule has 0 unspecified atom stereocenters. The number of hydrogen-bond donors (Lipinski definition) is 3. The number of hydrogen-bond acceptors (Lipinski definition) is 5. The number of nitrogens with one attached hydrogen (secondary N) is 2. The zero-order valence-corrected chi connectivity index (χ0v) is 18.2. The Kier molecular flexibility index (Phi) is 7.77. The molecule has 7 nitrogen and oxygen atoms in total. The summed E-state index contributed by atoms with van der Waals surface area (Å²) in [5.41, 5.74) is 3.29. The smallest absolute Gasteiger partial charge is 0.247 e. The molecular formula is C22H28FN3O4S. The Balaban J connectivity index is 1.81. The molecule has 0 radical (unpaired) electrons. The molecule has 1 heterocycles. The van der Waals surface area contributed by atoms with Gasteiger partial charge >= 0.3 is 0 Å². The number of halogens is 1. The van der Waals surface area contributed by atoms with Gasteiger partial charge in [-0.15, -0.1) is 0 Å². The van der Waals surface area contributed by atoms with E-state index in [1.54, 1.807) is 17.6 Å². The fourth-order valence-electron chi connectivity index (χ4n) is 4.02. The lowest BCUT2D eigenvalue weighted by Crippen LogP contribution is -2.50. The number of nitrogens with zero attached hydrogens (tertiary/aromatic N) is 1. The van der Waals surface area contributed by atoms with Gasteiger partial charge in [0.15, 0.2) is 0 Å². The normalized spacial score (nSPS) is 19.5. The summed E-state index contributed by atoms with van der Waals surface area (Å²) in [6.45, 7) is 3.04. The van der Waals surface area contributed by atoms with Crippen LogP contribution in [0.25, 0.3) is 0 Å². The molecule has 31 heavy (non-hydrogen) atoms. The number of hydroxylamine groups is 1. The topological polar surface area (TPSA) is 98.7 Å². The van der Waals surface area contributed by atoms with Crippen molar-refractivity contribution in [3.63, 3.8) is 0 Å². The second kappa shape index (κ2) is 10.3. The first-order valence-electron chi connectivity index (χ1n) is 10.3. The molecule has 1 amide bonds. The first-order chi connectivity index (χ1) is 14.8. The summed E-state index contributed by atoms with van der Waals surface area (Å²) in [5, 5.41) is 12.4. The van der Waals surface area contributed by atoms with Gasteiger partial charge in [-0.25, -0.2) is 18.3 Å². The summed E-state index contributed by atoms with van der Waals surface area (Å²) in [6.07, 6.45) is 0.267. The van der Waals surface area contributed by atoms with Crippen LogP contribution in [0.5, 0.6) is 0 Å². The Labute approximate surface area is 182 Å². The molecule has 1 aliphatic heterocycles. The van der Waals surface area contributed by atoms with Crippen molar-refractivity contribution in [1.29, 1.82) is 0 Å². The van der Waals surface area contributed by atoms with E-state index in [-0.39, 0.29) is 18.9 Å². The minimum absolute atomic E-state index is 0.0744. The van der Waals surface area contributed by atoms with Crippen molar-refractivity contribution in [1.82, 2.24) is 15.1 Å². The van der Waals surface area contributed by atoms with Gasteiger partial charge in [-0.1, -0.05) is 49.4 Å². The average Bonchev–Trinajstić information content (AvgIpc) is 2.79. The van der Waals surface area contributed by atoms with Gasteiger partial charge in [0.25, 0.3) is 0 Å². The predicted octanol–water partition coefficient (Wildman–Crippen LogP) is 2.42. The summed E-state index contributed by atoms with van der Waals surface area (Å²) in [7, 11) is -3.85. The van der Waals surface area contributed by atoms with E-state index in [0.717, 1.165) is 5.56 Å².